The molecule has 0 fully saturated rings. The van der Waals surface area contributed by atoms with E-state index in [1.54, 1.807) is 35.4 Å². The van der Waals surface area contributed by atoms with Gasteiger partial charge in [-0.15, -0.1) is 0 Å². The smallest absolute Gasteiger partial charge is 0.257 e. The normalized spacial score (nSPS) is 10.3. The van der Waals surface area contributed by atoms with E-state index < -0.39 is 0 Å². The van der Waals surface area contributed by atoms with Crippen LogP contribution in [-0.2, 0) is 0 Å². The maximum Gasteiger partial charge on any atom is 0.257 e. The number of nitrogens with one attached hydrogen (secondary N) is 1. The third kappa shape index (κ3) is 2.67. The van der Waals surface area contributed by atoms with Gasteiger partial charge in [-0.1, -0.05) is 12.1 Å². The number of carbonyl (C=O) groups excluding carboxylic acids is 1. The maximum atomic E-state index is 12.5. The van der Waals surface area contributed by atoms with Crippen LogP contribution in [0, 0.1) is 6.92 Å². The second kappa shape index (κ2) is 5.58. The van der Waals surface area contributed by atoms with Gasteiger partial charge in [0.2, 0.25) is 0 Å². The summed E-state index contributed by atoms with van der Waals surface area (Å²) < 4.78 is 1.67. The van der Waals surface area contributed by atoms with E-state index in [9.17, 15) is 4.79 Å². The minimum absolute atomic E-state index is 0.171. The molecule has 0 atom stereocenters. The Morgan fingerprint density at radius 1 is 1.14 bits per heavy atom. The van der Waals surface area contributed by atoms with Crippen LogP contribution in [0.3, 0.4) is 0 Å². The van der Waals surface area contributed by atoms with Gasteiger partial charge in [0.15, 0.2) is 0 Å². The summed E-state index contributed by atoms with van der Waals surface area (Å²) in [5.74, 6) is -0.171. The fourth-order valence-corrected chi connectivity index (χ4v) is 2.08. The summed E-state index contributed by atoms with van der Waals surface area (Å²) in [6.07, 6.45) is 6.86. The molecule has 5 nitrogen and oxygen atoms in total. The summed E-state index contributed by atoms with van der Waals surface area (Å²) in [4.78, 5) is 16.5. The molecule has 104 valence electrons. The molecular formula is C16H14N4O. The van der Waals surface area contributed by atoms with E-state index >= 15 is 0 Å². The predicted octanol–water partition coefficient (Wildman–Crippen LogP) is 2.83. The van der Waals surface area contributed by atoms with E-state index in [-0.39, 0.29) is 5.91 Å². The lowest BCUT2D eigenvalue weighted by Gasteiger charge is -2.11. The summed E-state index contributed by atoms with van der Waals surface area (Å²) in [7, 11) is 0. The number of anilines is 1. The summed E-state index contributed by atoms with van der Waals surface area (Å²) >= 11 is 0. The second-order valence-electron chi connectivity index (χ2n) is 4.61. The minimum atomic E-state index is -0.171. The van der Waals surface area contributed by atoms with Crippen LogP contribution in [0.2, 0.25) is 0 Å². The maximum absolute atomic E-state index is 12.5. The van der Waals surface area contributed by atoms with Crippen LogP contribution in [0.4, 0.5) is 5.69 Å². The average Bonchev–Trinajstić information content (AvgIpc) is 3.04. The SMILES string of the molecule is Cc1cnccc1NC(=O)c1ccccc1-n1cccn1. The van der Waals surface area contributed by atoms with Gasteiger partial charge in [0, 0.05) is 30.5 Å². The number of aromatic nitrogens is 3. The zero-order valence-corrected chi connectivity index (χ0v) is 11.5. The Hall–Kier alpha value is -2.95. The number of amides is 1. The van der Waals surface area contributed by atoms with Crippen LogP contribution >= 0.6 is 0 Å². The van der Waals surface area contributed by atoms with Gasteiger partial charge >= 0.3 is 0 Å². The standard InChI is InChI=1S/C16H14N4O/c1-12-11-17-9-7-14(12)19-16(21)13-5-2-3-6-15(13)20-10-4-8-18-20/h2-11H,1H3,(H,17,19,21). The van der Waals surface area contributed by atoms with Crippen molar-refractivity contribution in [1.82, 2.24) is 14.8 Å². The number of pyridine rings is 1. The van der Waals surface area contributed by atoms with Gasteiger partial charge in [0.25, 0.3) is 5.91 Å². The fourth-order valence-electron chi connectivity index (χ4n) is 2.08. The Kier molecular flexibility index (Phi) is 3.47. The van der Waals surface area contributed by atoms with Gasteiger partial charge in [-0.05, 0) is 36.8 Å². The van der Waals surface area contributed by atoms with Crippen LogP contribution < -0.4 is 5.32 Å². The molecule has 0 bridgehead atoms. The number of hydrogen-bond acceptors (Lipinski definition) is 3. The lowest BCUT2D eigenvalue weighted by atomic mass is 10.1. The molecule has 0 aliphatic carbocycles. The Balaban J connectivity index is 1.94. The second-order valence-corrected chi connectivity index (χ2v) is 4.61. The van der Waals surface area contributed by atoms with Crippen molar-refractivity contribution < 1.29 is 4.79 Å². The van der Waals surface area contributed by atoms with Gasteiger partial charge in [-0.3, -0.25) is 9.78 Å². The van der Waals surface area contributed by atoms with Crippen molar-refractivity contribution in [2.75, 3.05) is 5.32 Å². The number of carbonyl (C=O) groups is 1. The highest BCUT2D eigenvalue weighted by Gasteiger charge is 2.13. The number of para-hydroxylation sites is 1. The number of hydrogen-bond donors (Lipinski definition) is 1. The topological polar surface area (TPSA) is 59.8 Å². The van der Waals surface area contributed by atoms with Crippen LogP contribution in [-0.4, -0.2) is 20.7 Å². The van der Waals surface area contributed by atoms with E-state index in [0.717, 1.165) is 16.9 Å². The first kappa shape index (κ1) is 13.1. The molecule has 0 aliphatic rings. The first-order chi connectivity index (χ1) is 10.3. The highest BCUT2D eigenvalue weighted by atomic mass is 16.1. The molecule has 21 heavy (non-hydrogen) atoms. The Morgan fingerprint density at radius 2 is 2.00 bits per heavy atom. The predicted molar refractivity (Wildman–Crippen MR) is 80.5 cm³/mol. The third-order valence-corrected chi connectivity index (χ3v) is 3.17. The number of nitrogens with zero attached hydrogens (tertiary/aromatic N) is 3. The molecule has 0 radical (unpaired) electrons. The first-order valence-corrected chi connectivity index (χ1v) is 6.57. The van der Waals surface area contributed by atoms with Crippen LogP contribution in [0.25, 0.3) is 5.69 Å². The highest BCUT2D eigenvalue weighted by Crippen LogP contribution is 2.17. The molecule has 2 heterocycles. The monoisotopic (exact) mass is 278 g/mol. The Bertz CT molecular complexity index is 765. The van der Waals surface area contributed by atoms with Gasteiger partial charge in [0.05, 0.1) is 11.3 Å². The summed E-state index contributed by atoms with van der Waals surface area (Å²) in [5, 5.41) is 7.09. The van der Waals surface area contributed by atoms with Crippen molar-refractivity contribution in [3.63, 3.8) is 0 Å². The molecule has 5 heteroatoms. The molecule has 0 aliphatic heterocycles. The molecule has 0 unspecified atom stereocenters. The zero-order valence-electron chi connectivity index (χ0n) is 11.5. The lowest BCUT2D eigenvalue weighted by Crippen LogP contribution is -2.15. The van der Waals surface area contributed by atoms with Crippen LogP contribution in [0.15, 0.2) is 61.2 Å². The third-order valence-electron chi connectivity index (χ3n) is 3.17. The van der Waals surface area contributed by atoms with Gasteiger partial charge in [0.1, 0.15) is 0 Å². The Labute approximate surface area is 122 Å². The largest absolute Gasteiger partial charge is 0.322 e. The van der Waals surface area contributed by atoms with Crippen molar-refractivity contribution in [2.24, 2.45) is 0 Å². The summed E-state index contributed by atoms with van der Waals surface area (Å²) in [6, 6.07) is 11.0. The minimum Gasteiger partial charge on any atom is -0.322 e. The molecule has 1 amide bonds. The van der Waals surface area contributed by atoms with Gasteiger partial charge in [-0.25, -0.2) is 4.68 Å². The average molecular weight is 278 g/mol. The zero-order chi connectivity index (χ0) is 14.7. The Morgan fingerprint density at radius 3 is 2.76 bits per heavy atom. The van der Waals surface area contributed by atoms with Crippen molar-refractivity contribution in [3.8, 4) is 5.69 Å². The molecule has 0 saturated carbocycles. The van der Waals surface area contributed by atoms with Crippen molar-refractivity contribution in [1.29, 1.82) is 0 Å². The quantitative estimate of drug-likeness (QED) is 0.801. The molecular weight excluding hydrogens is 264 g/mol. The van der Waals surface area contributed by atoms with E-state index in [4.69, 9.17) is 0 Å². The van der Waals surface area contributed by atoms with Gasteiger partial charge < -0.3 is 5.32 Å². The molecule has 1 N–H and O–H groups in total. The van der Waals surface area contributed by atoms with Gasteiger partial charge in [-0.2, -0.15) is 5.10 Å². The summed E-state index contributed by atoms with van der Waals surface area (Å²) in [6.45, 7) is 1.90. The molecule has 0 spiro atoms. The van der Waals surface area contributed by atoms with Crippen LogP contribution in [0.1, 0.15) is 15.9 Å². The van der Waals surface area contributed by atoms with E-state index in [0.29, 0.717) is 5.56 Å². The number of rotatable bonds is 3. The molecule has 1 aromatic carbocycles. The van der Waals surface area contributed by atoms with E-state index in [1.807, 2.05) is 37.4 Å². The summed E-state index contributed by atoms with van der Waals surface area (Å²) in [5.41, 5.74) is 2.98. The molecule has 3 aromatic rings. The fraction of sp³-hybridized carbons (Fsp3) is 0.0625. The number of benzene rings is 1. The highest BCUT2D eigenvalue weighted by molar-refractivity contribution is 6.07. The number of aryl methyl sites for hydroxylation is 1. The molecule has 0 saturated heterocycles. The first-order valence-electron chi connectivity index (χ1n) is 6.57. The van der Waals surface area contributed by atoms with Crippen molar-refractivity contribution in [2.45, 2.75) is 6.92 Å². The lowest BCUT2D eigenvalue weighted by molar-refractivity contribution is 0.102. The van der Waals surface area contributed by atoms with Crippen LogP contribution in [0.5, 0.6) is 0 Å². The molecule has 3 rings (SSSR count). The van der Waals surface area contributed by atoms with Crippen molar-refractivity contribution in [3.05, 3.63) is 72.3 Å². The molecule has 2 aromatic heterocycles. The van der Waals surface area contributed by atoms with E-state index in [1.165, 1.54) is 0 Å². The van der Waals surface area contributed by atoms with E-state index in [2.05, 4.69) is 15.4 Å². The van der Waals surface area contributed by atoms with Crippen molar-refractivity contribution >= 4 is 11.6 Å².